The number of hydrazine groups is 2. The minimum Gasteiger partial charge on any atom is -0.608 e. The Kier molecular flexibility index (Phi) is 4.73. The molecule has 0 heterocycles. The van der Waals surface area contributed by atoms with Gasteiger partial charge in [-0.15, -0.1) is 5.69 Å². The van der Waals surface area contributed by atoms with Gasteiger partial charge in [0, 0.05) is 0 Å². The van der Waals surface area contributed by atoms with Crippen molar-refractivity contribution in [1.29, 1.82) is 0 Å². The first-order valence-electron chi connectivity index (χ1n) is 5.81. The Balaban J connectivity index is 2.04. The molecule has 0 saturated carbocycles. The molecule has 0 spiro atoms. The average Bonchev–Trinajstić information content (AvgIpc) is 2.46. The first kappa shape index (κ1) is 15.2. The van der Waals surface area contributed by atoms with Gasteiger partial charge in [0.2, 0.25) is 10.0 Å². The number of nitrogens with two attached hydrogens (primary N) is 2. The zero-order valence-electron chi connectivity index (χ0n) is 10.9. The molecule has 6 N–H and O–H groups in total. The molecule has 0 aromatic heterocycles. The van der Waals surface area contributed by atoms with Gasteiger partial charge in [-0.05, 0) is 36.4 Å². The zero-order chi connectivity index (χ0) is 15.3. The molecule has 0 aliphatic rings. The Morgan fingerprint density at radius 3 is 1.95 bits per heavy atom. The second kappa shape index (κ2) is 6.52. The molecule has 2 aromatic rings. The van der Waals surface area contributed by atoms with Crippen molar-refractivity contribution in [1.82, 2.24) is 11.1 Å². The van der Waals surface area contributed by atoms with Crippen LogP contribution in [0.4, 0.5) is 5.69 Å². The molecule has 0 radical (unpaired) electrons. The number of sulfonamides is 1. The van der Waals surface area contributed by atoms with Crippen LogP contribution in [0.25, 0.3) is 5.43 Å². The molecular formula is C12H14N5O3S-. The number of nitrogens with one attached hydrogen (secondary N) is 2. The van der Waals surface area contributed by atoms with E-state index in [1.807, 2.05) is 0 Å². The van der Waals surface area contributed by atoms with Gasteiger partial charge in [-0.3, -0.25) is 5.84 Å². The van der Waals surface area contributed by atoms with Gasteiger partial charge in [-0.25, -0.2) is 19.1 Å². The molecule has 8 nitrogen and oxygen atoms in total. The normalized spacial score (nSPS) is 11.1. The Hall–Kier alpha value is -2.17. The number of benzene rings is 2. The largest absolute Gasteiger partial charge is 0.608 e. The summed E-state index contributed by atoms with van der Waals surface area (Å²) < 4.78 is 27.8. The van der Waals surface area contributed by atoms with Crippen molar-refractivity contribution in [2.45, 2.75) is 4.90 Å². The van der Waals surface area contributed by atoms with Crippen LogP contribution < -0.4 is 26.8 Å². The third-order valence-electron chi connectivity index (χ3n) is 2.47. The van der Waals surface area contributed by atoms with Crippen molar-refractivity contribution in [2.24, 2.45) is 11.0 Å². The van der Waals surface area contributed by atoms with E-state index in [4.69, 9.17) is 15.7 Å². The maximum atomic E-state index is 11.1. The highest BCUT2D eigenvalue weighted by Crippen LogP contribution is 2.25. The van der Waals surface area contributed by atoms with Crippen LogP contribution in [0, 0.1) is 0 Å². The summed E-state index contributed by atoms with van der Waals surface area (Å²) in [7, 11) is -3.70. The van der Waals surface area contributed by atoms with E-state index in [-0.39, 0.29) is 4.90 Å². The van der Waals surface area contributed by atoms with Gasteiger partial charge in [-0.2, -0.15) is 0 Å². The summed E-state index contributed by atoms with van der Waals surface area (Å²) >= 11 is 0. The number of rotatable bonds is 6. The van der Waals surface area contributed by atoms with E-state index in [0.717, 1.165) is 0 Å². The van der Waals surface area contributed by atoms with E-state index >= 15 is 0 Å². The van der Waals surface area contributed by atoms with E-state index in [2.05, 4.69) is 16.5 Å². The molecule has 0 bridgehead atoms. The predicted molar refractivity (Wildman–Crippen MR) is 77.8 cm³/mol. The Morgan fingerprint density at radius 2 is 1.48 bits per heavy atom. The predicted octanol–water partition coefficient (Wildman–Crippen LogP) is 1.01. The zero-order valence-corrected chi connectivity index (χ0v) is 11.7. The highest BCUT2D eigenvalue weighted by Gasteiger charge is 2.07. The van der Waals surface area contributed by atoms with Crippen molar-refractivity contribution in [3.8, 4) is 11.5 Å². The minimum atomic E-state index is -3.70. The fourth-order valence-electron chi connectivity index (χ4n) is 1.52. The van der Waals surface area contributed by atoms with Gasteiger partial charge < -0.3 is 15.7 Å². The average molecular weight is 308 g/mol. The Labute approximate surface area is 122 Å². The molecular weight excluding hydrogens is 294 g/mol. The molecule has 112 valence electrons. The third-order valence-corrected chi connectivity index (χ3v) is 3.40. The minimum absolute atomic E-state index is 0.0318. The van der Waals surface area contributed by atoms with Gasteiger partial charge >= 0.3 is 0 Å². The van der Waals surface area contributed by atoms with Crippen LogP contribution in [0.3, 0.4) is 0 Å². The molecule has 0 atom stereocenters. The smallest absolute Gasteiger partial charge is 0.238 e. The summed E-state index contributed by atoms with van der Waals surface area (Å²) in [5, 5.41) is 5.02. The lowest BCUT2D eigenvalue weighted by atomic mass is 10.3. The SMILES string of the molecule is NNN[N-]c1ccc(Oc2ccc(S(N)(=O)=O)cc2)cc1. The van der Waals surface area contributed by atoms with Crippen LogP contribution in [0.2, 0.25) is 0 Å². The number of primary sulfonamides is 1. The third kappa shape index (κ3) is 4.41. The highest BCUT2D eigenvalue weighted by molar-refractivity contribution is 7.89. The van der Waals surface area contributed by atoms with Crippen molar-refractivity contribution in [3.63, 3.8) is 0 Å². The number of hydrogen-bond acceptors (Lipinski definition) is 6. The van der Waals surface area contributed by atoms with E-state index in [1.165, 1.54) is 24.3 Å². The van der Waals surface area contributed by atoms with Crippen LogP contribution >= 0.6 is 0 Å². The molecule has 9 heteroatoms. The van der Waals surface area contributed by atoms with Crippen LogP contribution in [0.1, 0.15) is 0 Å². The van der Waals surface area contributed by atoms with E-state index < -0.39 is 10.0 Å². The van der Waals surface area contributed by atoms with Crippen molar-refractivity contribution in [3.05, 3.63) is 54.0 Å². The molecule has 0 aliphatic carbocycles. The molecule has 0 saturated heterocycles. The molecule has 0 fully saturated rings. The van der Waals surface area contributed by atoms with Gasteiger partial charge in [0.25, 0.3) is 0 Å². The number of hydrogen-bond donors (Lipinski definition) is 4. The maximum absolute atomic E-state index is 11.1. The Bertz CT molecular complexity index is 686. The van der Waals surface area contributed by atoms with Crippen LogP contribution in [-0.2, 0) is 10.0 Å². The molecule has 0 unspecified atom stereocenters. The number of nitrogens with zero attached hydrogens (tertiary/aromatic N) is 1. The van der Waals surface area contributed by atoms with Crippen molar-refractivity contribution >= 4 is 15.7 Å². The standard InChI is InChI=1S/C12H14N5O3S/c13-16-17-15-9-1-3-10(4-2-9)20-11-5-7-12(8-6-11)21(14,18)19/h1-8,16-17H,13H2,(H2,14,18,19)/q-1. The monoisotopic (exact) mass is 308 g/mol. The van der Waals surface area contributed by atoms with E-state index in [9.17, 15) is 8.42 Å². The van der Waals surface area contributed by atoms with Crippen LogP contribution in [-0.4, -0.2) is 8.42 Å². The summed E-state index contributed by atoms with van der Waals surface area (Å²) in [4.78, 5) is 0.0318. The van der Waals surface area contributed by atoms with E-state index in [1.54, 1.807) is 24.3 Å². The van der Waals surface area contributed by atoms with Gasteiger partial charge in [0.15, 0.2) is 0 Å². The Morgan fingerprint density at radius 1 is 0.952 bits per heavy atom. The molecule has 0 aliphatic heterocycles. The van der Waals surface area contributed by atoms with Crippen LogP contribution in [0.15, 0.2) is 53.4 Å². The second-order valence-electron chi connectivity index (χ2n) is 3.98. The lowest BCUT2D eigenvalue weighted by Gasteiger charge is -2.21. The van der Waals surface area contributed by atoms with Gasteiger partial charge in [0.1, 0.15) is 11.5 Å². The fourth-order valence-corrected chi connectivity index (χ4v) is 2.03. The molecule has 21 heavy (non-hydrogen) atoms. The fraction of sp³-hybridized carbons (Fsp3) is 0. The quantitative estimate of drug-likeness (QED) is 0.465. The summed E-state index contributed by atoms with van der Waals surface area (Å²) in [5.74, 6) is 6.10. The second-order valence-corrected chi connectivity index (χ2v) is 5.54. The van der Waals surface area contributed by atoms with Gasteiger partial charge in [-0.1, -0.05) is 12.1 Å². The topological polar surface area (TPSA) is 134 Å². The first-order valence-corrected chi connectivity index (χ1v) is 7.36. The molecule has 0 amide bonds. The van der Waals surface area contributed by atoms with E-state index in [0.29, 0.717) is 17.2 Å². The summed E-state index contributed by atoms with van der Waals surface area (Å²) in [5.41, 5.74) is 9.12. The maximum Gasteiger partial charge on any atom is 0.238 e. The van der Waals surface area contributed by atoms with Gasteiger partial charge in [0.05, 0.1) is 4.90 Å². The van der Waals surface area contributed by atoms with Crippen molar-refractivity contribution < 1.29 is 13.2 Å². The molecule has 2 aromatic carbocycles. The summed E-state index contributed by atoms with van der Waals surface area (Å²) in [6, 6.07) is 12.7. The first-order chi connectivity index (χ1) is 9.99. The number of ether oxygens (including phenoxy) is 1. The summed E-state index contributed by atoms with van der Waals surface area (Å²) in [6.45, 7) is 0. The lowest BCUT2D eigenvalue weighted by Crippen LogP contribution is -2.33. The lowest BCUT2D eigenvalue weighted by molar-refractivity contribution is 0.482. The summed E-state index contributed by atoms with van der Waals surface area (Å²) in [6.07, 6.45) is 0. The highest BCUT2D eigenvalue weighted by atomic mass is 32.2. The van der Waals surface area contributed by atoms with Crippen molar-refractivity contribution in [2.75, 3.05) is 0 Å². The van der Waals surface area contributed by atoms with Crippen LogP contribution in [0.5, 0.6) is 11.5 Å². The molecule has 2 rings (SSSR count).